The molecule has 1 saturated heterocycles. The van der Waals surface area contributed by atoms with Gasteiger partial charge >= 0.3 is 6.03 Å². The van der Waals surface area contributed by atoms with Gasteiger partial charge in [-0.25, -0.2) is 4.79 Å². The molecule has 4 amide bonds. The van der Waals surface area contributed by atoms with Gasteiger partial charge in [-0.3, -0.25) is 14.5 Å². The molecule has 0 aromatic heterocycles. The van der Waals surface area contributed by atoms with Crippen LogP contribution in [0.5, 0.6) is 0 Å². The quantitative estimate of drug-likeness (QED) is 0.777. The van der Waals surface area contributed by atoms with Crippen LogP contribution in [-0.2, 0) is 9.59 Å². The Labute approximate surface area is 143 Å². The predicted molar refractivity (Wildman–Crippen MR) is 90.2 cm³/mol. The standard InChI is InChI=1S/C18H29N3O3/c1-13-8-4-5-9-14(13)19-15(22)12-21-16(23)18(20-17(21)24)10-6-2-3-7-11-18/h13-14H,2-12H2,1H3,(H,19,22)(H,20,24)/t13-,14-/m0/s1. The van der Waals surface area contributed by atoms with Crippen molar-refractivity contribution in [1.82, 2.24) is 15.5 Å². The van der Waals surface area contributed by atoms with Crippen LogP contribution in [0.15, 0.2) is 0 Å². The zero-order valence-electron chi connectivity index (χ0n) is 14.6. The Morgan fingerprint density at radius 1 is 1.12 bits per heavy atom. The van der Waals surface area contributed by atoms with Gasteiger partial charge in [0.25, 0.3) is 5.91 Å². The Hall–Kier alpha value is -1.59. The summed E-state index contributed by atoms with van der Waals surface area (Å²) >= 11 is 0. The normalized spacial score (nSPS) is 30.1. The van der Waals surface area contributed by atoms with Crippen LogP contribution in [0.3, 0.4) is 0 Å². The molecule has 1 spiro atoms. The SMILES string of the molecule is C[C@H]1CCCC[C@@H]1NC(=O)CN1C(=O)NC2(CCCCCC2)C1=O. The fraction of sp³-hybridized carbons (Fsp3) is 0.833. The minimum absolute atomic E-state index is 0.157. The predicted octanol–water partition coefficient (Wildman–Crippen LogP) is 2.33. The molecule has 24 heavy (non-hydrogen) atoms. The third-order valence-electron chi connectivity index (χ3n) is 5.96. The van der Waals surface area contributed by atoms with Crippen LogP contribution in [0.1, 0.15) is 71.1 Å². The highest BCUT2D eigenvalue weighted by Crippen LogP contribution is 2.32. The molecule has 134 valence electrons. The van der Waals surface area contributed by atoms with E-state index in [1.54, 1.807) is 0 Å². The van der Waals surface area contributed by atoms with E-state index in [-0.39, 0.29) is 24.4 Å². The van der Waals surface area contributed by atoms with Crippen LogP contribution in [-0.4, -0.2) is 40.9 Å². The fourth-order valence-corrected chi connectivity index (χ4v) is 4.42. The minimum atomic E-state index is -0.758. The van der Waals surface area contributed by atoms with Crippen LogP contribution in [0, 0.1) is 5.92 Å². The Morgan fingerprint density at radius 2 is 1.79 bits per heavy atom. The maximum absolute atomic E-state index is 12.8. The van der Waals surface area contributed by atoms with E-state index >= 15 is 0 Å². The second kappa shape index (κ2) is 7.11. The topological polar surface area (TPSA) is 78.5 Å². The zero-order valence-corrected chi connectivity index (χ0v) is 14.6. The summed E-state index contributed by atoms with van der Waals surface area (Å²) < 4.78 is 0. The van der Waals surface area contributed by atoms with E-state index in [9.17, 15) is 14.4 Å². The molecule has 2 aliphatic carbocycles. The summed E-state index contributed by atoms with van der Waals surface area (Å²) in [6.07, 6.45) is 9.93. The first-order valence-electron chi connectivity index (χ1n) is 9.45. The van der Waals surface area contributed by atoms with Gasteiger partial charge in [-0.1, -0.05) is 45.4 Å². The number of rotatable bonds is 3. The highest BCUT2D eigenvalue weighted by molar-refractivity contribution is 6.09. The van der Waals surface area contributed by atoms with Crippen LogP contribution in [0.25, 0.3) is 0 Å². The Balaban J connectivity index is 1.61. The lowest BCUT2D eigenvalue weighted by atomic mass is 9.86. The zero-order chi connectivity index (χ0) is 17.2. The molecule has 0 aromatic rings. The van der Waals surface area contributed by atoms with E-state index in [0.29, 0.717) is 18.8 Å². The first-order valence-corrected chi connectivity index (χ1v) is 9.45. The number of carbonyl (C=O) groups excluding carboxylic acids is 3. The van der Waals surface area contributed by atoms with Crippen molar-refractivity contribution in [3.63, 3.8) is 0 Å². The maximum atomic E-state index is 12.8. The molecular formula is C18H29N3O3. The Kier molecular flexibility index (Phi) is 5.11. The van der Waals surface area contributed by atoms with Crippen molar-refractivity contribution in [3.05, 3.63) is 0 Å². The average Bonchev–Trinajstić information content (AvgIpc) is 2.73. The molecule has 6 nitrogen and oxygen atoms in total. The number of carbonyl (C=O) groups is 3. The second-order valence-electron chi connectivity index (χ2n) is 7.75. The Bertz CT molecular complexity index is 512. The van der Waals surface area contributed by atoms with Gasteiger partial charge in [0.15, 0.2) is 0 Å². The summed E-state index contributed by atoms with van der Waals surface area (Å²) in [6.45, 7) is 1.99. The molecule has 6 heteroatoms. The molecule has 3 rings (SSSR count). The third kappa shape index (κ3) is 3.42. The van der Waals surface area contributed by atoms with Crippen molar-refractivity contribution in [2.24, 2.45) is 5.92 Å². The number of amides is 4. The molecule has 0 aromatic carbocycles. The van der Waals surface area contributed by atoms with Gasteiger partial charge in [0.2, 0.25) is 5.91 Å². The van der Waals surface area contributed by atoms with Crippen LogP contribution >= 0.6 is 0 Å². The van der Waals surface area contributed by atoms with Gasteiger partial charge in [-0.15, -0.1) is 0 Å². The van der Waals surface area contributed by atoms with Crippen molar-refractivity contribution in [2.75, 3.05) is 6.54 Å². The second-order valence-corrected chi connectivity index (χ2v) is 7.75. The van der Waals surface area contributed by atoms with E-state index in [2.05, 4.69) is 17.6 Å². The van der Waals surface area contributed by atoms with Crippen molar-refractivity contribution < 1.29 is 14.4 Å². The van der Waals surface area contributed by atoms with Gasteiger partial charge in [-0.05, 0) is 31.6 Å². The minimum Gasteiger partial charge on any atom is -0.352 e. The summed E-state index contributed by atoms with van der Waals surface area (Å²) in [4.78, 5) is 38.6. The summed E-state index contributed by atoms with van der Waals surface area (Å²) in [5.41, 5.74) is -0.758. The first kappa shape index (κ1) is 17.2. The van der Waals surface area contributed by atoms with E-state index < -0.39 is 11.6 Å². The molecule has 2 saturated carbocycles. The maximum Gasteiger partial charge on any atom is 0.325 e. The molecule has 0 radical (unpaired) electrons. The van der Waals surface area contributed by atoms with Gasteiger partial charge in [0, 0.05) is 6.04 Å². The average molecular weight is 335 g/mol. The van der Waals surface area contributed by atoms with Crippen molar-refractivity contribution in [3.8, 4) is 0 Å². The van der Waals surface area contributed by atoms with Crippen LogP contribution < -0.4 is 10.6 Å². The summed E-state index contributed by atoms with van der Waals surface area (Å²) in [5, 5.41) is 5.91. The van der Waals surface area contributed by atoms with E-state index in [1.165, 1.54) is 6.42 Å². The number of nitrogens with zero attached hydrogens (tertiary/aromatic N) is 1. The molecule has 2 N–H and O–H groups in total. The number of hydrogen-bond donors (Lipinski definition) is 2. The smallest absolute Gasteiger partial charge is 0.325 e. The van der Waals surface area contributed by atoms with Crippen molar-refractivity contribution in [1.29, 1.82) is 0 Å². The van der Waals surface area contributed by atoms with Crippen molar-refractivity contribution >= 4 is 17.8 Å². The third-order valence-corrected chi connectivity index (χ3v) is 5.96. The molecule has 2 atom stereocenters. The lowest BCUT2D eigenvalue weighted by molar-refractivity contribution is -0.135. The van der Waals surface area contributed by atoms with Gasteiger partial charge in [-0.2, -0.15) is 0 Å². The van der Waals surface area contributed by atoms with Crippen molar-refractivity contribution in [2.45, 2.75) is 82.7 Å². The highest BCUT2D eigenvalue weighted by Gasteiger charge is 2.51. The molecular weight excluding hydrogens is 306 g/mol. The summed E-state index contributed by atoms with van der Waals surface area (Å²) in [6, 6.07) is -0.243. The number of nitrogens with one attached hydrogen (secondary N) is 2. The molecule has 0 bridgehead atoms. The van der Waals surface area contributed by atoms with E-state index in [4.69, 9.17) is 0 Å². The lowest BCUT2D eigenvalue weighted by Crippen LogP contribution is -2.49. The molecule has 1 aliphatic heterocycles. The van der Waals surface area contributed by atoms with Gasteiger partial charge in [0.1, 0.15) is 12.1 Å². The van der Waals surface area contributed by atoms with E-state index in [1.807, 2.05) is 0 Å². The largest absolute Gasteiger partial charge is 0.352 e. The molecule has 3 aliphatic rings. The van der Waals surface area contributed by atoms with E-state index in [0.717, 1.165) is 49.8 Å². The number of imide groups is 1. The van der Waals surface area contributed by atoms with Gasteiger partial charge in [0.05, 0.1) is 0 Å². The molecule has 3 fully saturated rings. The fourth-order valence-electron chi connectivity index (χ4n) is 4.42. The lowest BCUT2D eigenvalue weighted by Gasteiger charge is -2.30. The summed E-state index contributed by atoms with van der Waals surface area (Å²) in [7, 11) is 0. The first-order chi connectivity index (χ1) is 11.5. The van der Waals surface area contributed by atoms with Gasteiger partial charge < -0.3 is 10.6 Å². The van der Waals surface area contributed by atoms with Crippen LogP contribution in [0.4, 0.5) is 4.79 Å². The number of hydrogen-bond acceptors (Lipinski definition) is 3. The molecule has 0 unspecified atom stereocenters. The number of urea groups is 1. The van der Waals surface area contributed by atoms with Crippen LogP contribution in [0.2, 0.25) is 0 Å². The monoisotopic (exact) mass is 335 g/mol. The highest BCUT2D eigenvalue weighted by atomic mass is 16.2. The Morgan fingerprint density at radius 3 is 2.46 bits per heavy atom. The summed E-state index contributed by atoms with van der Waals surface area (Å²) in [5.74, 6) is 0.0307. The molecule has 1 heterocycles.